The Hall–Kier alpha value is -5.72. The third kappa shape index (κ3) is 9.90. The number of hydrogen-bond donors (Lipinski definition) is 3. The van der Waals surface area contributed by atoms with Crippen LogP contribution in [0.5, 0.6) is 5.88 Å². The predicted octanol–water partition coefficient (Wildman–Crippen LogP) is 8.36. The maximum atomic E-state index is 14.2. The summed E-state index contributed by atoms with van der Waals surface area (Å²) in [5.74, 6) is 0.957. The number of carbonyl (C=O) groups is 2. The summed E-state index contributed by atoms with van der Waals surface area (Å²) in [5.41, 5.74) is 9.60. The van der Waals surface area contributed by atoms with E-state index < -0.39 is 24.1 Å². The lowest BCUT2D eigenvalue weighted by Gasteiger charge is -2.35. The number of carbonyl (C=O) groups excluding carboxylic acids is 2. The first kappa shape index (κ1) is 47.4. The number of aliphatic hydroxyl groups is 1. The zero-order chi connectivity index (χ0) is 47.8. The third-order valence-corrected chi connectivity index (χ3v) is 15.5. The Balaban J connectivity index is 0.744. The summed E-state index contributed by atoms with van der Waals surface area (Å²) < 4.78 is 19.7. The van der Waals surface area contributed by atoms with Crippen LogP contribution in [0, 0.1) is 33.6 Å². The molecule has 0 unspecified atom stereocenters. The number of fused-ring (bicyclic) bond motifs is 3. The van der Waals surface area contributed by atoms with E-state index in [1.54, 1.807) is 33.6 Å². The first-order chi connectivity index (χ1) is 32.7. The van der Waals surface area contributed by atoms with Crippen LogP contribution in [-0.2, 0) is 20.9 Å². The van der Waals surface area contributed by atoms with Crippen LogP contribution in [0.25, 0.3) is 15.4 Å². The van der Waals surface area contributed by atoms with Gasteiger partial charge in [-0.1, -0.05) is 68.4 Å². The van der Waals surface area contributed by atoms with Gasteiger partial charge in [-0.15, -0.1) is 32.9 Å². The number of benzene rings is 2. The Morgan fingerprint density at radius 3 is 2.49 bits per heavy atom. The fourth-order valence-corrected chi connectivity index (χ4v) is 11.4. The molecule has 15 nitrogen and oxygen atoms in total. The van der Waals surface area contributed by atoms with Crippen molar-refractivity contribution in [3.63, 3.8) is 0 Å². The lowest BCUT2D eigenvalue weighted by atomic mass is 9.89. The highest BCUT2D eigenvalue weighted by atomic mass is 35.5. The topological polar surface area (TPSA) is 182 Å². The van der Waals surface area contributed by atoms with Crippen molar-refractivity contribution >= 4 is 51.8 Å². The summed E-state index contributed by atoms with van der Waals surface area (Å²) >= 11 is 9.56. The number of aliphatic hydroxyl groups excluding tert-OH is 1. The fourth-order valence-electron chi connectivity index (χ4n) is 9.25. The smallest absolute Gasteiger partial charge is 0.254 e. The van der Waals surface area contributed by atoms with Gasteiger partial charge in [0.05, 0.1) is 53.1 Å². The van der Waals surface area contributed by atoms with Crippen LogP contribution in [0.3, 0.4) is 0 Å². The highest BCUT2D eigenvalue weighted by Crippen LogP contribution is 2.40. The zero-order valence-corrected chi connectivity index (χ0v) is 41.4. The van der Waals surface area contributed by atoms with Crippen molar-refractivity contribution in [1.29, 1.82) is 0 Å². The Morgan fingerprint density at radius 2 is 1.76 bits per heavy atom. The third-order valence-electron chi connectivity index (χ3n) is 13.1. The van der Waals surface area contributed by atoms with Gasteiger partial charge in [-0.3, -0.25) is 19.1 Å². The number of likely N-dealkylation sites (tertiary alicyclic amines) is 1. The van der Waals surface area contributed by atoms with Gasteiger partial charge in [-0.2, -0.15) is 0 Å². The predicted molar refractivity (Wildman–Crippen MR) is 263 cm³/mol. The molecule has 1 saturated carbocycles. The maximum absolute atomic E-state index is 14.2. The molecule has 356 valence electrons. The van der Waals surface area contributed by atoms with Crippen LogP contribution in [0.2, 0.25) is 5.02 Å². The molecule has 1 saturated heterocycles. The second-order valence-corrected chi connectivity index (χ2v) is 20.7. The molecule has 0 bridgehead atoms. The van der Waals surface area contributed by atoms with Gasteiger partial charge in [-0.25, -0.2) is 4.98 Å². The molecule has 3 N–H and O–H groups in total. The average molecular weight is 979 g/mol. The number of halogens is 1. The minimum atomic E-state index is -0.679. The Bertz CT molecular complexity index is 2830. The standard InChI is InChI=1S/C50H56ClN9O6S2/c1-26(2)44(49(63)59-24-37(61)20-40(59)28(4)52-23-32-8-10-34(11-9-32)47-29(5)53-25-67-47)41-22-43(58-66-41)65-17-16-64-38-18-36(19-38)54-42(62)21-39-48-57-56-31(7)60(48)50-45(27(3)30(6)68-50)46(55-39)33-12-14-35(51)15-13-33/h8-15,22,25-26,36-40,44,52,61H,4,16-21,23-24H2,1-3,5-7H3,(H,54,62)/t36-,37-,38+,39+,40+,44-/m1/s1. The van der Waals surface area contributed by atoms with Crippen molar-refractivity contribution in [2.24, 2.45) is 10.9 Å². The molecule has 1 aliphatic carbocycles. The van der Waals surface area contributed by atoms with Gasteiger partial charge >= 0.3 is 0 Å². The van der Waals surface area contributed by atoms with E-state index in [2.05, 4.69) is 75.7 Å². The van der Waals surface area contributed by atoms with Crippen LogP contribution >= 0.6 is 34.3 Å². The summed E-state index contributed by atoms with van der Waals surface area (Å²) in [6.07, 6.45) is 1.12. The summed E-state index contributed by atoms with van der Waals surface area (Å²) in [7, 11) is 0. The van der Waals surface area contributed by atoms with Crippen molar-refractivity contribution in [3.8, 4) is 21.3 Å². The number of aryl methyl sites for hydroxylation is 3. The molecule has 6 heterocycles. The molecule has 0 radical (unpaired) electrons. The Kier molecular flexibility index (Phi) is 14.0. The molecule has 9 rings (SSSR count). The maximum Gasteiger partial charge on any atom is 0.254 e. The zero-order valence-electron chi connectivity index (χ0n) is 39.0. The normalized spacial score (nSPS) is 20.3. The number of hydrogen-bond acceptors (Lipinski definition) is 14. The van der Waals surface area contributed by atoms with Gasteiger partial charge in [0, 0.05) is 58.3 Å². The van der Waals surface area contributed by atoms with Crippen LogP contribution < -0.4 is 15.4 Å². The summed E-state index contributed by atoms with van der Waals surface area (Å²) in [6.45, 7) is 17.6. The molecule has 2 fully saturated rings. The number of ether oxygens (including phenoxy) is 2. The van der Waals surface area contributed by atoms with Gasteiger partial charge < -0.3 is 34.6 Å². The molecule has 3 aliphatic rings. The molecule has 18 heteroatoms. The highest BCUT2D eigenvalue weighted by molar-refractivity contribution is 7.15. The van der Waals surface area contributed by atoms with E-state index in [4.69, 9.17) is 30.6 Å². The van der Waals surface area contributed by atoms with Crippen LogP contribution in [-0.4, -0.2) is 96.5 Å². The molecule has 2 amide bonds. The molecule has 2 aliphatic heterocycles. The number of aliphatic imine (C=N–C) groups is 1. The number of thiophene rings is 1. The van der Waals surface area contributed by atoms with Crippen LogP contribution in [0.15, 0.2) is 81.9 Å². The lowest BCUT2D eigenvalue weighted by Crippen LogP contribution is -2.48. The fraction of sp³-hybridized carbons (Fsp3) is 0.420. The highest BCUT2D eigenvalue weighted by Gasteiger charge is 2.42. The second kappa shape index (κ2) is 20.1. The quantitative estimate of drug-likeness (QED) is 0.0748. The number of aromatic nitrogens is 5. The molecular formula is C50H56ClN9O6S2. The number of β-amino-alcohol motifs (C(OH)–C–C–N with tert-alkyl or cyclic N) is 1. The Morgan fingerprint density at radius 1 is 1.01 bits per heavy atom. The number of nitrogens with one attached hydrogen (secondary N) is 2. The molecule has 4 atom stereocenters. The van der Waals surface area contributed by atoms with Crippen molar-refractivity contribution in [1.82, 2.24) is 40.4 Å². The lowest BCUT2D eigenvalue weighted by molar-refractivity contribution is -0.135. The van der Waals surface area contributed by atoms with E-state index in [0.29, 0.717) is 54.7 Å². The second-order valence-electron chi connectivity index (χ2n) is 18.2. The first-order valence-electron chi connectivity index (χ1n) is 23.0. The SMILES string of the molecule is C=C(NCc1ccc(-c2scnc2C)cc1)[C@@H]1C[C@@H](O)CN1C(=O)[C@@H](c1cc(OCCO[C@H]2C[C@@H](NC(=O)C[C@@H]3N=C(c4ccc(Cl)cc4)c4c(sc(C)c4C)-n4c(C)nnc43)C2)no1)C(C)C. The van der Waals surface area contributed by atoms with Crippen molar-refractivity contribution in [2.75, 3.05) is 19.8 Å². The van der Waals surface area contributed by atoms with Gasteiger partial charge in [0.1, 0.15) is 29.4 Å². The van der Waals surface area contributed by atoms with Crippen molar-refractivity contribution in [2.45, 2.75) is 110 Å². The van der Waals surface area contributed by atoms with Crippen LogP contribution in [0.4, 0.5) is 0 Å². The number of thiazole rings is 1. The molecule has 0 spiro atoms. The molecule has 68 heavy (non-hydrogen) atoms. The van der Waals surface area contributed by atoms with Gasteiger partial charge in [0.15, 0.2) is 11.6 Å². The van der Waals surface area contributed by atoms with E-state index in [1.165, 1.54) is 4.88 Å². The summed E-state index contributed by atoms with van der Waals surface area (Å²) in [4.78, 5) is 41.4. The minimum absolute atomic E-state index is 0.0329. The average Bonchev–Trinajstić information content (AvgIpc) is 4.14. The molecular weight excluding hydrogens is 922 g/mol. The van der Waals surface area contributed by atoms with Crippen molar-refractivity contribution in [3.05, 3.63) is 128 Å². The van der Waals surface area contributed by atoms with Gasteiger partial charge in [-0.05, 0) is 80.4 Å². The minimum Gasteiger partial charge on any atom is -0.473 e. The summed E-state index contributed by atoms with van der Waals surface area (Å²) in [5, 5.41) is 32.0. The van der Waals surface area contributed by atoms with Crippen LogP contribution in [0.1, 0.15) is 102 Å². The number of rotatable bonds is 17. The van der Waals surface area contributed by atoms with Crippen molar-refractivity contribution < 1.29 is 28.7 Å². The van der Waals surface area contributed by atoms with E-state index in [-0.39, 0.29) is 55.3 Å². The molecule has 2 aromatic carbocycles. The number of nitrogens with zero attached hydrogens (tertiary/aromatic N) is 7. The summed E-state index contributed by atoms with van der Waals surface area (Å²) in [6, 6.07) is 16.6. The van der Waals surface area contributed by atoms with E-state index in [0.717, 1.165) is 54.9 Å². The van der Waals surface area contributed by atoms with E-state index >= 15 is 0 Å². The molecule has 6 aromatic rings. The van der Waals surface area contributed by atoms with Gasteiger partial charge in [0.2, 0.25) is 11.8 Å². The first-order valence-corrected chi connectivity index (χ1v) is 25.1. The monoisotopic (exact) mass is 977 g/mol. The largest absolute Gasteiger partial charge is 0.473 e. The van der Waals surface area contributed by atoms with Gasteiger partial charge in [0.25, 0.3) is 5.88 Å². The Labute approximate surface area is 408 Å². The molecule has 4 aromatic heterocycles. The number of amides is 2. The van der Waals surface area contributed by atoms with E-state index in [1.807, 2.05) is 62.0 Å². The van der Waals surface area contributed by atoms with E-state index in [9.17, 15) is 14.7 Å².